The van der Waals surface area contributed by atoms with E-state index < -0.39 is 0 Å². The van der Waals surface area contributed by atoms with Crippen molar-refractivity contribution in [2.45, 2.75) is 20.3 Å². The zero-order valence-corrected chi connectivity index (χ0v) is 13.9. The lowest BCUT2D eigenvalue weighted by Gasteiger charge is -2.10. The van der Waals surface area contributed by atoms with Gasteiger partial charge in [-0.05, 0) is 35.1 Å². The molecule has 0 aliphatic rings. The predicted molar refractivity (Wildman–Crippen MR) is 98.3 cm³/mol. The van der Waals surface area contributed by atoms with Crippen LogP contribution in [0, 0.1) is 12.5 Å². The SMILES string of the molecule is [C-]#[N+]/C=C(\c1ccccc1)c1ccc2nc(N)c(CC(C)C)n2c1. The van der Waals surface area contributed by atoms with E-state index in [1.54, 1.807) is 6.20 Å². The summed E-state index contributed by atoms with van der Waals surface area (Å²) in [5, 5.41) is 0. The molecule has 3 aromatic rings. The second-order valence-corrected chi connectivity index (χ2v) is 6.23. The van der Waals surface area contributed by atoms with E-state index in [-0.39, 0.29) is 0 Å². The molecular weight excluding hydrogens is 296 g/mol. The van der Waals surface area contributed by atoms with Gasteiger partial charge in [0.1, 0.15) is 11.5 Å². The zero-order valence-electron chi connectivity index (χ0n) is 13.9. The zero-order chi connectivity index (χ0) is 17.1. The smallest absolute Gasteiger partial charge is 0.162 e. The molecule has 2 N–H and O–H groups in total. The molecule has 0 atom stereocenters. The van der Waals surface area contributed by atoms with Gasteiger partial charge in [0.2, 0.25) is 0 Å². The van der Waals surface area contributed by atoms with Crippen molar-refractivity contribution in [2.75, 3.05) is 5.73 Å². The van der Waals surface area contributed by atoms with Crippen LogP contribution in [0.5, 0.6) is 0 Å². The van der Waals surface area contributed by atoms with Crippen LogP contribution < -0.4 is 5.73 Å². The van der Waals surface area contributed by atoms with Gasteiger partial charge in [-0.2, -0.15) is 0 Å². The number of rotatable bonds is 4. The van der Waals surface area contributed by atoms with E-state index in [1.165, 1.54) is 0 Å². The van der Waals surface area contributed by atoms with Crippen LogP contribution in [0.2, 0.25) is 0 Å². The Bertz CT molecular complexity index is 927. The Morgan fingerprint density at radius 1 is 1.21 bits per heavy atom. The van der Waals surface area contributed by atoms with Crippen molar-refractivity contribution >= 4 is 17.0 Å². The van der Waals surface area contributed by atoms with Crippen LogP contribution in [-0.2, 0) is 6.42 Å². The minimum atomic E-state index is 0.489. The minimum Gasteiger partial charge on any atom is -0.382 e. The van der Waals surface area contributed by atoms with E-state index >= 15 is 0 Å². The number of hydrogen-bond donors (Lipinski definition) is 1. The largest absolute Gasteiger partial charge is 0.382 e. The van der Waals surface area contributed by atoms with E-state index in [4.69, 9.17) is 12.3 Å². The molecule has 2 aromatic heterocycles. The first-order valence-corrected chi connectivity index (χ1v) is 7.99. The van der Waals surface area contributed by atoms with Crippen molar-refractivity contribution in [1.82, 2.24) is 9.38 Å². The van der Waals surface area contributed by atoms with E-state index in [0.29, 0.717) is 11.7 Å². The van der Waals surface area contributed by atoms with Crippen LogP contribution in [0.1, 0.15) is 30.7 Å². The van der Waals surface area contributed by atoms with E-state index in [2.05, 4.69) is 23.7 Å². The van der Waals surface area contributed by atoms with Crippen molar-refractivity contribution in [2.24, 2.45) is 5.92 Å². The topological polar surface area (TPSA) is 47.7 Å². The Balaban J connectivity index is 2.16. The Morgan fingerprint density at radius 2 is 1.96 bits per heavy atom. The molecule has 0 saturated heterocycles. The summed E-state index contributed by atoms with van der Waals surface area (Å²) in [4.78, 5) is 7.93. The first-order valence-electron chi connectivity index (χ1n) is 7.99. The molecule has 0 amide bonds. The maximum Gasteiger partial charge on any atom is 0.162 e. The van der Waals surface area contributed by atoms with Gasteiger partial charge >= 0.3 is 0 Å². The molecule has 0 aliphatic heterocycles. The molecule has 0 bridgehead atoms. The van der Waals surface area contributed by atoms with Gasteiger partial charge in [0.25, 0.3) is 0 Å². The number of hydrogen-bond acceptors (Lipinski definition) is 2. The first-order chi connectivity index (χ1) is 11.6. The van der Waals surface area contributed by atoms with Gasteiger partial charge < -0.3 is 10.1 Å². The van der Waals surface area contributed by atoms with Crippen molar-refractivity contribution in [3.63, 3.8) is 0 Å². The Kier molecular flexibility index (Phi) is 4.35. The summed E-state index contributed by atoms with van der Waals surface area (Å²) in [6.07, 6.45) is 4.46. The van der Waals surface area contributed by atoms with Gasteiger partial charge in [0.15, 0.2) is 6.20 Å². The highest BCUT2D eigenvalue weighted by atomic mass is 15.1. The molecular formula is C20H20N4. The molecule has 0 aliphatic carbocycles. The van der Waals surface area contributed by atoms with Crippen molar-refractivity contribution in [3.8, 4) is 0 Å². The highest BCUT2D eigenvalue weighted by molar-refractivity contribution is 5.80. The van der Waals surface area contributed by atoms with E-state index in [1.807, 2.05) is 53.1 Å². The molecule has 0 fully saturated rings. The standard InChI is InChI=1S/C20H20N4/c1-14(2)11-18-20(21)23-19-10-9-16(13-24(18)19)17(12-22-3)15-7-5-4-6-8-15/h4-10,12-14H,11,21H2,1-2H3/b17-12+. The number of nitrogens with zero attached hydrogens (tertiary/aromatic N) is 3. The monoisotopic (exact) mass is 316 g/mol. The maximum absolute atomic E-state index is 7.24. The summed E-state index contributed by atoms with van der Waals surface area (Å²) >= 11 is 0. The summed E-state index contributed by atoms with van der Waals surface area (Å²) in [5.41, 5.74) is 10.9. The van der Waals surface area contributed by atoms with Crippen LogP contribution in [-0.4, -0.2) is 9.38 Å². The van der Waals surface area contributed by atoms with Gasteiger partial charge in [-0.25, -0.2) is 9.83 Å². The molecule has 0 radical (unpaired) electrons. The van der Waals surface area contributed by atoms with Crippen LogP contribution in [0.3, 0.4) is 0 Å². The molecule has 0 saturated carbocycles. The average Bonchev–Trinajstić information content (AvgIpc) is 2.88. The van der Waals surface area contributed by atoms with Gasteiger partial charge in [0, 0.05) is 6.20 Å². The normalized spacial score (nSPS) is 11.8. The molecule has 4 heteroatoms. The van der Waals surface area contributed by atoms with Crippen LogP contribution in [0.15, 0.2) is 54.9 Å². The van der Waals surface area contributed by atoms with Gasteiger partial charge in [-0.1, -0.05) is 50.2 Å². The van der Waals surface area contributed by atoms with E-state index in [9.17, 15) is 0 Å². The fourth-order valence-corrected chi connectivity index (χ4v) is 2.86. The lowest BCUT2D eigenvalue weighted by Crippen LogP contribution is -2.02. The molecule has 0 unspecified atom stereocenters. The number of nitrogen functional groups attached to an aromatic ring is 1. The summed E-state index contributed by atoms with van der Waals surface area (Å²) in [6, 6.07) is 13.9. The lowest BCUT2D eigenvalue weighted by atomic mass is 10.0. The maximum atomic E-state index is 7.24. The molecule has 0 spiro atoms. The molecule has 24 heavy (non-hydrogen) atoms. The average molecular weight is 316 g/mol. The van der Waals surface area contributed by atoms with Crippen LogP contribution in [0.4, 0.5) is 5.82 Å². The summed E-state index contributed by atoms with van der Waals surface area (Å²) in [6.45, 7) is 11.6. The molecule has 2 heterocycles. The Hall–Kier alpha value is -3.06. The number of pyridine rings is 1. The number of aromatic nitrogens is 2. The fraction of sp³-hybridized carbons (Fsp3) is 0.200. The number of benzene rings is 1. The Morgan fingerprint density at radius 3 is 2.62 bits per heavy atom. The molecule has 120 valence electrons. The van der Waals surface area contributed by atoms with Gasteiger partial charge in [-0.15, -0.1) is 0 Å². The molecule has 3 rings (SSSR count). The van der Waals surface area contributed by atoms with Crippen LogP contribution in [0.25, 0.3) is 16.1 Å². The summed E-state index contributed by atoms with van der Waals surface area (Å²) in [7, 11) is 0. The fourth-order valence-electron chi connectivity index (χ4n) is 2.86. The van der Waals surface area contributed by atoms with E-state index in [0.717, 1.165) is 34.5 Å². The summed E-state index contributed by atoms with van der Waals surface area (Å²) in [5.74, 6) is 1.07. The predicted octanol–water partition coefficient (Wildman–Crippen LogP) is 4.42. The summed E-state index contributed by atoms with van der Waals surface area (Å²) < 4.78 is 2.05. The van der Waals surface area contributed by atoms with Gasteiger partial charge in [0.05, 0.1) is 12.3 Å². The number of anilines is 1. The molecule has 1 aromatic carbocycles. The van der Waals surface area contributed by atoms with Crippen molar-refractivity contribution in [3.05, 3.63) is 83.1 Å². The Labute approximate surface area is 142 Å². The highest BCUT2D eigenvalue weighted by Crippen LogP contribution is 2.26. The third-order valence-electron chi connectivity index (χ3n) is 3.94. The lowest BCUT2D eigenvalue weighted by molar-refractivity contribution is 0.633. The van der Waals surface area contributed by atoms with Crippen molar-refractivity contribution in [1.29, 1.82) is 0 Å². The molecule has 4 nitrogen and oxygen atoms in total. The third-order valence-corrected chi connectivity index (χ3v) is 3.94. The third kappa shape index (κ3) is 3.02. The number of imidazole rings is 1. The highest BCUT2D eigenvalue weighted by Gasteiger charge is 2.13. The van der Waals surface area contributed by atoms with Crippen molar-refractivity contribution < 1.29 is 0 Å². The quantitative estimate of drug-likeness (QED) is 0.724. The number of nitrogens with two attached hydrogens (primary N) is 1. The van der Waals surface area contributed by atoms with Crippen LogP contribution >= 0.6 is 0 Å². The number of fused-ring (bicyclic) bond motifs is 1. The van der Waals surface area contributed by atoms with Gasteiger partial charge in [-0.3, -0.25) is 0 Å². The first kappa shape index (κ1) is 15.8. The minimum absolute atomic E-state index is 0.489. The second-order valence-electron chi connectivity index (χ2n) is 6.23. The second kappa shape index (κ2) is 6.59.